The summed E-state index contributed by atoms with van der Waals surface area (Å²) in [5, 5.41) is 3.73. The molecule has 1 atom stereocenters. The number of thiophene rings is 1. The van der Waals surface area contributed by atoms with E-state index in [0.29, 0.717) is 6.04 Å². The molecule has 3 heteroatoms. The number of para-hydroxylation sites is 1. The summed E-state index contributed by atoms with van der Waals surface area (Å²) in [4.78, 5) is 4.23. The van der Waals surface area contributed by atoms with Crippen LogP contribution in [0.5, 0.6) is 0 Å². The van der Waals surface area contributed by atoms with Gasteiger partial charge in [-0.1, -0.05) is 37.5 Å². The van der Waals surface area contributed by atoms with E-state index >= 15 is 0 Å². The number of nitrogens with zero attached hydrogens (tertiary/aromatic N) is 2. The average molecular weight is 351 g/mol. The second-order valence-electron chi connectivity index (χ2n) is 7.89. The van der Waals surface area contributed by atoms with Gasteiger partial charge >= 0.3 is 0 Å². The molecule has 0 bridgehead atoms. The van der Waals surface area contributed by atoms with E-state index < -0.39 is 0 Å². The van der Waals surface area contributed by atoms with Crippen molar-refractivity contribution in [2.24, 2.45) is 7.05 Å². The minimum Gasteiger partial charge on any atom is -0.353 e. The topological polar surface area (TPSA) is 8.17 Å². The van der Waals surface area contributed by atoms with Crippen molar-refractivity contribution in [1.82, 2.24) is 4.57 Å². The lowest BCUT2D eigenvalue weighted by Crippen LogP contribution is -2.45. The van der Waals surface area contributed by atoms with Gasteiger partial charge in [-0.2, -0.15) is 0 Å². The molecule has 2 aromatic heterocycles. The first kappa shape index (κ1) is 15.5. The first-order chi connectivity index (χ1) is 12.1. The van der Waals surface area contributed by atoms with Gasteiger partial charge < -0.3 is 9.47 Å². The molecule has 1 unspecified atom stereocenters. The summed E-state index contributed by atoms with van der Waals surface area (Å²) in [5.41, 5.74) is 6.19. The Morgan fingerprint density at radius 2 is 1.84 bits per heavy atom. The maximum absolute atomic E-state index is 2.78. The number of hydrogen-bond donors (Lipinski definition) is 0. The van der Waals surface area contributed by atoms with Crippen LogP contribution in [0.15, 0.2) is 35.7 Å². The first-order valence-corrected chi connectivity index (χ1v) is 10.4. The van der Waals surface area contributed by atoms with Crippen molar-refractivity contribution >= 4 is 27.2 Å². The second kappa shape index (κ2) is 5.38. The molecule has 2 nitrogen and oxygen atoms in total. The lowest BCUT2D eigenvalue weighted by molar-refractivity contribution is 0.273. The summed E-state index contributed by atoms with van der Waals surface area (Å²) >= 11 is 1.89. The Hall–Kier alpha value is -1.74. The van der Waals surface area contributed by atoms with Crippen molar-refractivity contribution < 1.29 is 0 Å². The van der Waals surface area contributed by atoms with Crippen molar-refractivity contribution in [3.8, 4) is 0 Å². The predicted octanol–water partition coefficient (Wildman–Crippen LogP) is 6.29. The monoisotopic (exact) mass is 350 g/mol. The molecule has 1 aromatic carbocycles. The van der Waals surface area contributed by atoms with Gasteiger partial charge in [0.05, 0.1) is 17.3 Å². The summed E-state index contributed by atoms with van der Waals surface area (Å²) in [6.07, 6.45) is 6.63. The Morgan fingerprint density at radius 1 is 1.08 bits per heavy atom. The molecular formula is C22H26N2S. The summed E-state index contributed by atoms with van der Waals surface area (Å²) < 4.78 is 2.52. The van der Waals surface area contributed by atoms with Gasteiger partial charge in [0.2, 0.25) is 0 Å². The van der Waals surface area contributed by atoms with Crippen molar-refractivity contribution in [3.05, 3.63) is 52.5 Å². The van der Waals surface area contributed by atoms with Gasteiger partial charge in [-0.05, 0) is 49.8 Å². The molecule has 0 radical (unpaired) electrons. The van der Waals surface area contributed by atoms with Gasteiger partial charge in [0.15, 0.2) is 0 Å². The highest BCUT2D eigenvalue weighted by Crippen LogP contribution is 2.58. The van der Waals surface area contributed by atoms with Crippen LogP contribution >= 0.6 is 11.3 Å². The predicted molar refractivity (Wildman–Crippen MR) is 108 cm³/mol. The van der Waals surface area contributed by atoms with Crippen LogP contribution in [-0.2, 0) is 12.6 Å². The maximum Gasteiger partial charge on any atom is 0.103 e. The number of hydrogen-bond acceptors (Lipinski definition) is 2. The molecule has 2 aliphatic rings. The molecule has 0 saturated heterocycles. The van der Waals surface area contributed by atoms with Gasteiger partial charge in [0, 0.05) is 23.7 Å². The van der Waals surface area contributed by atoms with E-state index in [0.717, 1.165) is 0 Å². The summed E-state index contributed by atoms with van der Waals surface area (Å²) in [7, 11) is 2.29. The van der Waals surface area contributed by atoms with Crippen LogP contribution in [0.3, 0.4) is 0 Å². The zero-order valence-corrected chi connectivity index (χ0v) is 16.2. The lowest BCUT2D eigenvalue weighted by Gasteiger charge is -2.46. The maximum atomic E-state index is 2.78. The van der Waals surface area contributed by atoms with Crippen molar-refractivity contribution in [2.75, 3.05) is 4.90 Å². The standard InChI is InChI=1S/C22H26N2S/c1-15-9-5-6-10-18(15)24-16(2)19-17-11-14-25-21(17)23(3)20(19)22(24)12-7-4-8-13-22/h5-6,9-11,14,16H,4,7-8,12-13H2,1-3H3. The van der Waals surface area contributed by atoms with Gasteiger partial charge in [0.1, 0.15) is 4.83 Å². The molecule has 5 rings (SSSR count). The minimum atomic E-state index is 0.173. The Bertz CT molecular complexity index is 942. The molecular weight excluding hydrogens is 324 g/mol. The lowest BCUT2D eigenvalue weighted by atomic mass is 9.78. The fourth-order valence-electron chi connectivity index (χ4n) is 5.66. The van der Waals surface area contributed by atoms with E-state index in [2.05, 4.69) is 66.1 Å². The highest BCUT2D eigenvalue weighted by Gasteiger charge is 2.52. The molecule has 1 aliphatic heterocycles. The molecule has 0 amide bonds. The smallest absolute Gasteiger partial charge is 0.103 e. The Morgan fingerprint density at radius 3 is 2.60 bits per heavy atom. The number of aromatic nitrogens is 1. The third-order valence-corrected chi connectivity index (χ3v) is 7.58. The number of fused-ring (bicyclic) bond motifs is 4. The van der Waals surface area contributed by atoms with E-state index in [1.807, 2.05) is 11.3 Å². The number of aryl methyl sites for hydroxylation is 2. The largest absolute Gasteiger partial charge is 0.353 e. The Balaban J connectivity index is 1.81. The normalized spacial score (nSPS) is 22.0. The van der Waals surface area contributed by atoms with Gasteiger partial charge in [-0.15, -0.1) is 11.3 Å². The number of rotatable bonds is 1. The zero-order valence-electron chi connectivity index (χ0n) is 15.4. The molecule has 1 spiro atoms. The molecule has 1 saturated carbocycles. The zero-order chi connectivity index (χ0) is 17.2. The van der Waals surface area contributed by atoms with Gasteiger partial charge in [-0.25, -0.2) is 0 Å². The molecule has 3 heterocycles. The van der Waals surface area contributed by atoms with Crippen LogP contribution in [0.1, 0.15) is 61.9 Å². The van der Waals surface area contributed by atoms with E-state index in [1.54, 1.807) is 11.3 Å². The van der Waals surface area contributed by atoms with Crippen LogP contribution in [-0.4, -0.2) is 4.57 Å². The van der Waals surface area contributed by atoms with Crippen molar-refractivity contribution in [3.63, 3.8) is 0 Å². The molecule has 25 heavy (non-hydrogen) atoms. The van der Waals surface area contributed by atoms with E-state index in [4.69, 9.17) is 0 Å². The minimum absolute atomic E-state index is 0.173. The van der Waals surface area contributed by atoms with Crippen LogP contribution in [0.4, 0.5) is 5.69 Å². The molecule has 130 valence electrons. The highest BCUT2D eigenvalue weighted by molar-refractivity contribution is 7.16. The summed E-state index contributed by atoms with van der Waals surface area (Å²) in [5.74, 6) is 0. The summed E-state index contributed by atoms with van der Waals surface area (Å²) in [6, 6.07) is 11.7. The molecule has 3 aromatic rings. The summed E-state index contributed by atoms with van der Waals surface area (Å²) in [6.45, 7) is 4.69. The molecule has 1 aliphatic carbocycles. The quantitative estimate of drug-likeness (QED) is 0.501. The second-order valence-corrected chi connectivity index (χ2v) is 8.78. The van der Waals surface area contributed by atoms with E-state index in [1.165, 1.54) is 53.6 Å². The van der Waals surface area contributed by atoms with Gasteiger partial charge in [0.25, 0.3) is 0 Å². The van der Waals surface area contributed by atoms with Crippen molar-refractivity contribution in [1.29, 1.82) is 0 Å². The van der Waals surface area contributed by atoms with E-state index in [-0.39, 0.29) is 5.54 Å². The van der Waals surface area contributed by atoms with Crippen LogP contribution < -0.4 is 4.90 Å². The average Bonchev–Trinajstić information content (AvgIpc) is 3.25. The first-order valence-electron chi connectivity index (χ1n) is 9.56. The number of benzene rings is 1. The third kappa shape index (κ3) is 1.90. The van der Waals surface area contributed by atoms with Crippen LogP contribution in [0, 0.1) is 6.92 Å². The van der Waals surface area contributed by atoms with Crippen LogP contribution in [0.2, 0.25) is 0 Å². The SMILES string of the molecule is Cc1ccccc1N1C(C)c2c(n(C)c3sccc23)C12CCCCC2. The Kier molecular flexibility index (Phi) is 3.34. The third-order valence-electron chi connectivity index (χ3n) is 6.59. The Labute approximate surface area is 154 Å². The van der Waals surface area contributed by atoms with E-state index in [9.17, 15) is 0 Å². The van der Waals surface area contributed by atoms with Gasteiger partial charge in [-0.3, -0.25) is 0 Å². The highest BCUT2D eigenvalue weighted by atomic mass is 32.1. The molecule has 1 fully saturated rings. The number of anilines is 1. The molecule has 0 N–H and O–H groups in total. The van der Waals surface area contributed by atoms with Crippen molar-refractivity contribution in [2.45, 2.75) is 57.5 Å². The fourth-order valence-corrected chi connectivity index (χ4v) is 6.55. The van der Waals surface area contributed by atoms with Crippen LogP contribution in [0.25, 0.3) is 10.2 Å². The fraction of sp³-hybridized carbons (Fsp3) is 0.455.